The van der Waals surface area contributed by atoms with Crippen LogP contribution in [0.1, 0.15) is 41.1 Å². The van der Waals surface area contributed by atoms with Gasteiger partial charge in [-0.2, -0.15) is 5.10 Å². The van der Waals surface area contributed by atoms with Crippen LogP contribution in [0, 0.1) is 6.92 Å². The molecule has 3 aromatic heterocycles. The maximum Gasteiger partial charge on any atom is 0.276 e. The predicted molar refractivity (Wildman–Crippen MR) is 123 cm³/mol. The van der Waals surface area contributed by atoms with E-state index in [9.17, 15) is 4.79 Å². The number of likely N-dealkylation sites (tertiary alicyclic amines) is 1. The third-order valence-electron chi connectivity index (χ3n) is 5.80. The Morgan fingerprint density at radius 2 is 1.84 bits per heavy atom. The first kappa shape index (κ1) is 20.3. The number of amides is 1. The van der Waals surface area contributed by atoms with E-state index in [-0.39, 0.29) is 5.91 Å². The van der Waals surface area contributed by atoms with Crippen molar-refractivity contribution in [1.29, 1.82) is 0 Å². The molecule has 1 aromatic carbocycles. The van der Waals surface area contributed by atoms with Gasteiger partial charge in [-0.25, -0.2) is 9.97 Å². The number of H-pyrrole nitrogens is 1. The number of pyridine rings is 1. The first-order chi connectivity index (χ1) is 15.7. The lowest BCUT2D eigenvalue weighted by Gasteiger charge is -2.26. The van der Waals surface area contributed by atoms with E-state index in [0.29, 0.717) is 17.2 Å². The number of carbonyl (C=O) groups excluding carboxylic acids is 1. The van der Waals surface area contributed by atoms with Gasteiger partial charge < -0.3 is 5.32 Å². The van der Waals surface area contributed by atoms with Crippen LogP contribution in [-0.4, -0.2) is 49.0 Å². The number of benzene rings is 1. The van der Waals surface area contributed by atoms with Gasteiger partial charge in [0.25, 0.3) is 5.91 Å². The van der Waals surface area contributed by atoms with Crippen LogP contribution >= 0.6 is 0 Å². The van der Waals surface area contributed by atoms with Gasteiger partial charge in [0.15, 0.2) is 5.69 Å². The average molecular weight is 428 g/mol. The van der Waals surface area contributed by atoms with Gasteiger partial charge in [-0.3, -0.25) is 19.8 Å². The van der Waals surface area contributed by atoms with E-state index < -0.39 is 0 Å². The molecule has 32 heavy (non-hydrogen) atoms. The number of aromatic nitrogens is 5. The Labute approximate surface area is 186 Å². The molecule has 5 rings (SSSR count). The number of piperidine rings is 1. The summed E-state index contributed by atoms with van der Waals surface area (Å²) in [5, 5.41) is 10.8. The number of carbonyl (C=O) groups is 1. The Bertz CT molecular complexity index is 1240. The fourth-order valence-electron chi connectivity index (χ4n) is 4.12. The third-order valence-corrected chi connectivity index (χ3v) is 5.80. The van der Waals surface area contributed by atoms with Gasteiger partial charge >= 0.3 is 0 Å². The molecule has 1 saturated heterocycles. The highest BCUT2D eigenvalue weighted by Gasteiger charge is 2.16. The number of fused-ring (bicyclic) bond motifs is 1. The zero-order chi connectivity index (χ0) is 21.9. The van der Waals surface area contributed by atoms with Crippen molar-refractivity contribution < 1.29 is 4.79 Å². The molecule has 1 amide bonds. The molecule has 8 heteroatoms. The SMILES string of the molecule is Cc1ncc(NC(=O)c2n[nH]c3ccc(-c4cncc(CN5CCCCC5)c4)cc23)cn1. The first-order valence-electron chi connectivity index (χ1n) is 10.9. The molecule has 1 fully saturated rings. The maximum absolute atomic E-state index is 12.8. The molecular weight excluding hydrogens is 402 g/mol. The summed E-state index contributed by atoms with van der Waals surface area (Å²) in [5.74, 6) is 0.340. The molecule has 8 nitrogen and oxygen atoms in total. The molecule has 0 radical (unpaired) electrons. The molecular formula is C24H25N7O. The highest BCUT2D eigenvalue weighted by molar-refractivity contribution is 6.11. The quantitative estimate of drug-likeness (QED) is 0.500. The van der Waals surface area contributed by atoms with E-state index in [0.717, 1.165) is 41.7 Å². The van der Waals surface area contributed by atoms with Crippen molar-refractivity contribution in [2.45, 2.75) is 32.7 Å². The number of aromatic amines is 1. The summed E-state index contributed by atoms with van der Waals surface area (Å²) in [6, 6.07) is 8.14. The fraction of sp³-hybridized carbons (Fsp3) is 0.292. The van der Waals surface area contributed by atoms with Crippen LogP contribution in [-0.2, 0) is 6.54 Å². The van der Waals surface area contributed by atoms with Gasteiger partial charge in [0.2, 0.25) is 0 Å². The maximum atomic E-state index is 12.8. The normalized spacial score (nSPS) is 14.5. The number of anilines is 1. The van der Waals surface area contributed by atoms with Crippen LogP contribution in [0.15, 0.2) is 49.1 Å². The van der Waals surface area contributed by atoms with E-state index in [1.165, 1.54) is 24.8 Å². The van der Waals surface area contributed by atoms with Crippen molar-refractivity contribution in [3.05, 3.63) is 66.1 Å². The van der Waals surface area contributed by atoms with E-state index in [4.69, 9.17) is 0 Å². The minimum Gasteiger partial charge on any atom is -0.318 e. The fourth-order valence-corrected chi connectivity index (χ4v) is 4.12. The monoisotopic (exact) mass is 427 g/mol. The zero-order valence-corrected chi connectivity index (χ0v) is 18.0. The molecule has 0 bridgehead atoms. The lowest BCUT2D eigenvalue weighted by molar-refractivity contribution is 0.102. The summed E-state index contributed by atoms with van der Waals surface area (Å²) in [5.41, 5.74) is 4.90. The van der Waals surface area contributed by atoms with Crippen LogP contribution < -0.4 is 5.32 Å². The second-order valence-corrected chi connectivity index (χ2v) is 8.22. The van der Waals surface area contributed by atoms with Crippen molar-refractivity contribution in [2.75, 3.05) is 18.4 Å². The van der Waals surface area contributed by atoms with E-state index in [2.05, 4.69) is 41.4 Å². The van der Waals surface area contributed by atoms with Crippen molar-refractivity contribution in [3.8, 4) is 11.1 Å². The van der Waals surface area contributed by atoms with Gasteiger partial charge in [-0.05, 0) is 62.2 Å². The molecule has 0 atom stereocenters. The van der Waals surface area contributed by atoms with Gasteiger partial charge in [-0.1, -0.05) is 12.5 Å². The van der Waals surface area contributed by atoms with E-state index in [1.54, 1.807) is 19.3 Å². The Morgan fingerprint density at radius 1 is 1.03 bits per heavy atom. The minimum absolute atomic E-state index is 0.308. The standard InChI is InChI=1S/C24H25N7O/c1-16-26-13-20(14-27-16)28-24(32)23-21-10-18(5-6-22(21)29-30-23)19-9-17(11-25-12-19)15-31-7-3-2-4-8-31/h5-6,9-14H,2-4,7-8,15H2,1H3,(H,28,32)(H,29,30). The van der Waals surface area contributed by atoms with Crippen LogP contribution in [0.25, 0.3) is 22.0 Å². The van der Waals surface area contributed by atoms with Crippen LogP contribution in [0.2, 0.25) is 0 Å². The van der Waals surface area contributed by atoms with E-state index >= 15 is 0 Å². The number of nitrogens with one attached hydrogen (secondary N) is 2. The lowest BCUT2D eigenvalue weighted by atomic mass is 10.0. The zero-order valence-electron chi connectivity index (χ0n) is 18.0. The number of hydrogen-bond donors (Lipinski definition) is 2. The number of hydrogen-bond acceptors (Lipinski definition) is 6. The smallest absolute Gasteiger partial charge is 0.276 e. The third kappa shape index (κ3) is 4.36. The highest BCUT2D eigenvalue weighted by Crippen LogP contribution is 2.26. The second kappa shape index (κ2) is 8.84. The molecule has 4 aromatic rings. The number of rotatable bonds is 5. The lowest BCUT2D eigenvalue weighted by Crippen LogP contribution is -2.29. The Balaban J connectivity index is 1.40. The molecule has 0 saturated carbocycles. The molecule has 1 aliphatic heterocycles. The van der Waals surface area contributed by atoms with Crippen molar-refractivity contribution >= 4 is 22.5 Å². The highest BCUT2D eigenvalue weighted by atomic mass is 16.1. The minimum atomic E-state index is -0.308. The Hall–Kier alpha value is -3.65. The van der Waals surface area contributed by atoms with Gasteiger partial charge in [0.1, 0.15) is 5.82 Å². The molecule has 0 unspecified atom stereocenters. The molecule has 4 heterocycles. The van der Waals surface area contributed by atoms with Gasteiger partial charge in [0, 0.05) is 29.9 Å². The van der Waals surface area contributed by atoms with Crippen LogP contribution in [0.3, 0.4) is 0 Å². The molecule has 2 N–H and O–H groups in total. The summed E-state index contributed by atoms with van der Waals surface area (Å²) in [4.78, 5) is 28.0. The average Bonchev–Trinajstić information content (AvgIpc) is 3.25. The Kier molecular flexibility index (Phi) is 5.60. The summed E-state index contributed by atoms with van der Waals surface area (Å²) < 4.78 is 0. The van der Waals surface area contributed by atoms with Crippen molar-refractivity contribution in [2.24, 2.45) is 0 Å². The van der Waals surface area contributed by atoms with Crippen molar-refractivity contribution in [1.82, 2.24) is 30.0 Å². The summed E-state index contributed by atoms with van der Waals surface area (Å²) in [6.45, 7) is 5.01. The molecule has 0 aliphatic carbocycles. The van der Waals surface area contributed by atoms with Crippen LogP contribution in [0.4, 0.5) is 5.69 Å². The number of nitrogens with zero attached hydrogens (tertiary/aromatic N) is 5. The molecule has 1 aliphatic rings. The van der Waals surface area contributed by atoms with Crippen LogP contribution in [0.5, 0.6) is 0 Å². The molecule has 162 valence electrons. The van der Waals surface area contributed by atoms with Gasteiger partial charge in [0.05, 0.1) is 23.6 Å². The largest absolute Gasteiger partial charge is 0.318 e. The predicted octanol–water partition coefficient (Wildman–Crippen LogP) is 3.96. The summed E-state index contributed by atoms with van der Waals surface area (Å²) in [7, 11) is 0. The van der Waals surface area contributed by atoms with Crippen molar-refractivity contribution in [3.63, 3.8) is 0 Å². The first-order valence-corrected chi connectivity index (χ1v) is 10.9. The number of aryl methyl sites for hydroxylation is 1. The summed E-state index contributed by atoms with van der Waals surface area (Å²) in [6.07, 6.45) is 10.8. The topological polar surface area (TPSA) is 99.7 Å². The van der Waals surface area contributed by atoms with E-state index in [1.807, 2.05) is 30.6 Å². The van der Waals surface area contributed by atoms with Gasteiger partial charge in [-0.15, -0.1) is 0 Å². The summed E-state index contributed by atoms with van der Waals surface area (Å²) >= 11 is 0. The molecule has 0 spiro atoms. The Morgan fingerprint density at radius 3 is 2.66 bits per heavy atom. The second-order valence-electron chi connectivity index (χ2n) is 8.22.